The van der Waals surface area contributed by atoms with Crippen molar-refractivity contribution in [1.29, 1.82) is 0 Å². The highest BCUT2D eigenvalue weighted by Crippen LogP contribution is 2.42. The van der Waals surface area contributed by atoms with E-state index in [-0.39, 0.29) is 0 Å². The first-order chi connectivity index (χ1) is 13.7. The lowest BCUT2D eigenvalue weighted by Gasteiger charge is -2.25. The molecule has 0 unspecified atom stereocenters. The molecule has 5 rings (SSSR count). The summed E-state index contributed by atoms with van der Waals surface area (Å²) in [6, 6.07) is 16.5. The number of anilines is 4. The minimum atomic E-state index is 0.679. The van der Waals surface area contributed by atoms with E-state index < -0.39 is 0 Å². The molecule has 0 amide bonds. The fourth-order valence-corrected chi connectivity index (χ4v) is 4.01. The number of nitrogens with two attached hydrogens (primary N) is 2. The molecule has 3 aromatic rings. The average Bonchev–Trinajstić information content (AvgIpc) is 2.73. The molecule has 0 fully saturated rings. The Labute approximate surface area is 164 Å². The van der Waals surface area contributed by atoms with Crippen LogP contribution in [0.4, 0.5) is 22.7 Å². The lowest BCUT2D eigenvalue weighted by molar-refractivity contribution is 1.26. The summed E-state index contributed by atoms with van der Waals surface area (Å²) in [5.74, 6) is 0. The maximum Gasteiger partial charge on any atom is 0.0664 e. The van der Waals surface area contributed by atoms with Gasteiger partial charge in [-0.05, 0) is 46.5 Å². The third-order valence-corrected chi connectivity index (χ3v) is 5.28. The molecule has 6 N–H and O–H groups in total. The Kier molecular flexibility index (Phi) is 3.83. The molecule has 0 aliphatic carbocycles. The van der Waals surface area contributed by atoms with Crippen LogP contribution in [0.25, 0.3) is 34.4 Å². The molecular formula is C24H22N4. The quantitative estimate of drug-likeness (QED) is 0.478. The van der Waals surface area contributed by atoms with Gasteiger partial charge in [0.1, 0.15) is 0 Å². The summed E-state index contributed by atoms with van der Waals surface area (Å²) in [6.45, 7) is 1.71. The molecule has 2 aliphatic heterocycles. The van der Waals surface area contributed by atoms with Gasteiger partial charge in [0.25, 0.3) is 0 Å². The second-order valence-electron chi connectivity index (χ2n) is 7.21. The lowest BCUT2D eigenvalue weighted by atomic mass is 9.90. The zero-order valence-corrected chi connectivity index (χ0v) is 15.5. The Morgan fingerprint density at radius 1 is 0.643 bits per heavy atom. The Morgan fingerprint density at radius 2 is 1.29 bits per heavy atom. The summed E-state index contributed by atoms with van der Waals surface area (Å²) in [4.78, 5) is 0. The van der Waals surface area contributed by atoms with Crippen LogP contribution in [0, 0.1) is 0 Å². The second kappa shape index (κ2) is 6.50. The van der Waals surface area contributed by atoms with Crippen LogP contribution in [0.5, 0.6) is 0 Å². The number of rotatable bonds is 2. The zero-order valence-electron chi connectivity index (χ0n) is 15.5. The minimum Gasteiger partial charge on any atom is -0.399 e. The van der Waals surface area contributed by atoms with Crippen LogP contribution in [-0.2, 0) is 0 Å². The number of nitrogens with one attached hydrogen (secondary N) is 2. The van der Waals surface area contributed by atoms with Crippen molar-refractivity contribution in [2.75, 3.05) is 35.2 Å². The van der Waals surface area contributed by atoms with Crippen molar-refractivity contribution in [3.05, 3.63) is 71.8 Å². The van der Waals surface area contributed by atoms with E-state index in [9.17, 15) is 0 Å². The average molecular weight is 366 g/mol. The van der Waals surface area contributed by atoms with Gasteiger partial charge in [-0.25, -0.2) is 0 Å². The van der Waals surface area contributed by atoms with Gasteiger partial charge in [0.2, 0.25) is 0 Å². The molecule has 2 heterocycles. The highest BCUT2D eigenvalue weighted by molar-refractivity contribution is 5.96. The molecule has 0 spiro atoms. The topological polar surface area (TPSA) is 76.1 Å². The van der Waals surface area contributed by atoms with Gasteiger partial charge in [0.15, 0.2) is 0 Å². The standard InChI is InChI=1S/C24H22N4/c25-19-11-18(12-20(26)14-19)15-5-7-16(8-6-15)22-13-17-3-1-9-27-23(17)24-21(22)4-2-10-28-24/h1-8,11-14,27-28H,9-10,25-26H2. The van der Waals surface area contributed by atoms with Gasteiger partial charge >= 0.3 is 0 Å². The smallest absolute Gasteiger partial charge is 0.0664 e. The van der Waals surface area contributed by atoms with Crippen LogP contribution in [0.15, 0.2) is 60.7 Å². The minimum absolute atomic E-state index is 0.679. The number of hydrogen-bond acceptors (Lipinski definition) is 4. The molecule has 4 nitrogen and oxygen atoms in total. The zero-order chi connectivity index (χ0) is 19.1. The van der Waals surface area contributed by atoms with E-state index >= 15 is 0 Å². The fourth-order valence-electron chi connectivity index (χ4n) is 4.01. The van der Waals surface area contributed by atoms with Gasteiger partial charge in [-0.2, -0.15) is 0 Å². The first kappa shape index (κ1) is 16.5. The molecule has 0 saturated heterocycles. The molecule has 0 saturated carbocycles. The fraction of sp³-hybridized carbons (Fsp3) is 0.0833. The van der Waals surface area contributed by atoms with Crippen LogP contribution < -0.4 is 22.1 Å². The van der Waals surface area contributed by atoms with Crippen molar-refractivity contribution < 1.29 is 0 Å². The van der Waals surface area contributed by atoms with E-state index in [1.54, 1.807) is 6.07 Å². The molecular weight excluding hydrogens is 344 g/mol. The van der Waals surface area contributed by atoms with E-state index in [0.717, 1.165) is 24.2 Å². The monoisotopic (exact) mass is 366 g/mol. The summed E-state index contributed by atoms with van der Waals surface area (Å²) >= 11 is 0. The third kappa shape index (κ3) is 2.79. The van der Waals surface area contributed by atoms with Crippen LogP contribution in [0.3, 0.4) is 0 Å². The Bertz CT molecular complexity index is 1100. The Hall–Kier alpha value is -3.66. The van der Waals surface area contributed by atoms with Crippen LogP contribution in [0.1, 0.15) is 11.1 Å². The summed E-state index contributed by atoms with van der Waals surface area (Å²) in [5, 5.41) is 7.04. The normalized spacial score (nSPS) is 14.0. The predicted molar refractivity (Wildman–Crippen MR) is 121 cm³/mol. The summed E-state index contributed by atoms with van der Waals surface area (Å²) in [7, 11) is 0. The van der Waals surface area contributed by atoms with E-state index in [2.05, 4.69) is 65.3 Å². The van der Waals surface area contributed by atoms with E-state index in [4.69, 9.17) is 11.5 Å². The van der Waals surface area contributed by atoms with E-state index in [1.807, 2.05) is 12.1 Å². The predicted octanol–water partition coefficient (Wildman–Crippen LogP) is 5.06. The number of hydrogen-bond donors (Lipinski definition) is 4. The summed E-state index contributed by atoms with van der Waals surface area (Å²) in [6.07, 6.45) is 8.73. The van der Waals surface area contributed by atoms with Crippen LogP contribution >= 0.6 is 0 Å². The largest absolute Gasteiger partial charge is 0.399 e. The van der Waals surface area contributed by atoms with E-state index in [1.165, 1.54) is 33.6 Å². The van der Waals surface area contributed by atoms with Crippen molar-refractivity contribution in [2.24, 2.45) is 0 Å². The van der Waals surface area contributed by atoms with Crippen molar-refractivity contribution in [3.63, 3.8) is 0 Å². The molecule has 0 radical (unpaired) electrons. The maximum atomic E-state index is 5.95. The Morgan fingerprint density at radius 3 is 2.04 bits per heavy atom. The number of nitrogen functional groups attached to an aromatic ring is 2. The highest BCUT2D eigenvalue weighted by Gasteiger charge is 2.19. The molecule has 4 heteroatoms. The van der Waals surface area contributed by atoms with Crippen molar-refractivity contribution in [1.82, 2.24) is 0 Å². The Balaban J connectivity index is 1.61. The molecule has 3 aromatic carbocycles. The number of fused-ring (bicyclic) bond motifs is 3. The summed E-state index contributed by atoms with van der Waals surface area (Å²) in [5.41, 5.74) is 22.6. The van der Waals surface area contributed by atoms with E-state index in [0.29, 0.717) is 11.4 Å². The molecule has 138 valence electrons. The molecule has 28 heavy (non-hydrogen) atoms. The van der Waals surface area contributed by atoms with Gasteiger partial charge in [0.05, 0.1) is 11.4 Å². The molecule has 2 aliphatic rings. The van der Waals surface area contributed by atoms with Crippen LogP contribution in [-0.4, -0.2) is 13.1 Å². The van der Waals surface area contributed by atoms with Gasteiger partial charge in [-0.1, -0.05) is 48.6 Å². The SMILES string of the molecule is Nc1cc(N)cc(-c2ccc(-c3cc4c(c5c3C=CCN5)NCC=C4)cc2)c1. The second-order valence-corrected chi connectivity index (χ2v) is 7.21. The maximum absolute atomic E-state index is 5.95. The molecule has 0 aromatic heterocycles. The van der Waals surface area contributed by atoms with Gasteiger partial charge in [-0.3, -0.25) is 0 Å². The van der Waals surface area contributed by atoms with Crippen molar-refractivity contribution in [3.8, 4) is 22.3 Å². The summed E-state index contributed by atoms with van der Waals surface area (Å²) < 4.78 is 0. The number of benzene rings is 3. The van der Waals surface area contributed by atoms with Crippen molar-refractivity contribution >= 4 is 34.9 Å². The molecule has 0 atom stereocenters. The van der Waals surface area contributed by atoms with Gasteiger partial charge < -0.3 is 22.1 Å². The molecule has 0 bridgehead atoms. The highest BCUT2D eigenvalue weighted by atomic mass is 15.0. The van der Waals surface area contributed by atoms with Gasteiger partial charge in [-0.15, -0.1) is 0 Å². The third-order valence-electron chi connectivity index (χ3n) is 5.28. The van der Waals surface area contributed by atoms with Crippen LogP contribution in [0.2, 0.25) is 0 Å². The van der Waals surface area contributed by atoms with Gasteiger partial charge in [0, 0.05) is 35.6 Å². The van der Waals surface area contributed by atoms with Crippen molar-refractivity contribution in [2.45, 2.75) is 0 Å². The lowest BCUT2D eigenvalue weighted by Crippen LogP contribution is -2.13. The first-order valence-corrected chi connectivity index (χ1v) is 9.48. The first-order valence-electron chi connectivity index (χ1n) is 9.48.